The second-order valence-corrected chi connectivity index (χ2v) is 5.19. The number of aryl methyl sites for hydroxylation is 1. The third-order valence-electron chi connectivity index (χ3n) is 3.80. The van der Waals surface area contributed by atoms with Crippen LogP contribution >= 0.6 is 0 Å². The van der Waals surface area contributed by atoms with E-state index in [1.54, 1.807) is 15.9 Å². The molecule has 114 valence electrons. The van der Waals surface area contributed by atoms with E-state index in [4.69, 9.17) is 4.74 Å². The highest BCUT2D eigenvalue weighted by Crippen LogP contribution is 2.15. The van der Waals surface area contributed by atoms with Gasteiger partial charge in [-0.2, -0.15) is 0 Å². The summed E-state index contributed by atoms with van der Waals surface area (Å²) in [6, 6.07) is 0. The Morgan fingerprint density at radius 1 is 1.33 bits per heavy atom. The van der Waals surface area contributed by atoms with Crippen molar-refractivity contribution in [2.75, 3.05) is 44.7 Å². The van der Waals surface area contributed by atoms with Crippen LogP contribution in [0.1, 0.15) is 13.3 Å². The lowest BCUT2D eigenvalue weighted by molar-refractivity contribution is -0.908. The van der Waals surface area contributed by atoms with Gasteiger partial charge in [0.05, 0.1) is 19.8 Å². The minimum Gasteiger partial charge on any atom is -0.370 e. The first-order valence-electron chi connectivity index (χ1n) is 7.58. The highest BCUT2D eigenvalue weighted by Gasteiger charge is 2.13. The lowest BCUT2D eigenvalue weighted by Crippen LogP contribution is -3.14. The van der Waals surface area contributed by atoms with Crippen molar-refractivity contribution < 1.29 is 9.64 Å². The fraction of sp³-hybridized carbons (Fsp3) is 0.692. The molecule has 3 rings (SSSR count). The molecule has 21 heavy (non-hydrogen) atoms. The molecule has 0 unspecified atom stereocenters. The maximum atomic E-state index is 5.37. The van der Waals surface area contributed by atoms with Crippen LogP contribution in [-0.2, 0) is 11.3 Å². The van der Waals surface area contributed by atoms with E-state index in [1.807, 2.05) is 6.92 Å². The summed E-state index contributed by atoms with van der Waals surface area (Å²) in [5.41, 5.74) is 1.53. The molecule has 2 aromatic heterocycles. The highest BCUT2D eigenvalue weighted by atomic mass is 16.5. The molecule has 1 aliphatic heterocycles. The SMILES string of the molecule is CCn1nnc2c(NCCC[NH+]3CCOCC3)ncnc21. The summed E-state index contributed by atoms with van der Waals surface area (Å²) in [7, 11) is 0. The van der Waals surface area contributed by atoms with Gasteiger partial charge in [-0.15, -0.1) is 5.10 Å². The van der Waals surface area contributed by atoms with Gasteiger partial charge in [-0.25, -0.2) is 14.6 Å². The van der Waals surface area contributed by atoms with Crippen LogP contribution in [0.3, 0.4) is 0 Å². The predicted octanol–water partition coefficient (Wildman–Crippen LogP) is -1.04. The number of hydrogen-bond acceptors (Lipinski definition) is 6. The Labute approximate surface area is 123 Å². The van der Waals surface area contributed by atoms with Crippen molar-refractivity contribution in [3.05, 3.63) is 6.33 Å². The Hall–Kier alpha value is -1.80. The summed E-state index contributed by atoms with van der Waals surface area (Å²) >= 11 is 0. The number of nitrogens with one attached hydrogen (secondary N) is 2. The number of aromatic nitrogens is 5. The third-order valence-corrected chi connectivity index (χ3v) is 3.80. The van der Waals surface area contributed by atoms with Crippen LogP contribution < -0.4 is 10.2 Å². The van der Waals surface area contributed by atoms with E-state index in [2.05, 4.69) is 25.6 Å². The van der Waals surface area contributed by atoms with E-state index in [9.17, 15) is 0 Å². The largest absolute Gasteiger partial charge is 0.370 e. The number of fused-ring (bicyclic) bond motifs is 1. The van der Waals surface area contributed by atoms with Crippen molar-refractivity contribution >= 4 is 17.0 Å². The van der Waals surface area contributed by atoms with E-state index < -0.39 is 0 Å². The van der Waals surface area contributed by atoms with Crippen LogP contribution in [-0.4, -0.2) is 64.4 Å². The monoisotopic (exact) mass is 292 g/mol. The van der Waals surface area contributed by atoms with Gasteiger partial charge in [-0.05, 0) is 6.92 Å². The lowest BCUT2D eigenvalue weighted by Gasteiger charge is -2.23. The smallest absolute Gasteiger partial charge is 0.183 e. The van der Waals surface area contributed by atoms with Crippen LogP contribution in [0, 0.1) is 0 Å². The average molecular weight is 292 g/mol. The molecule has 8 heteroatoms. The maximum Gasteiger partial charge on any atom is 0.183 e. The number of nitrogens with zero attached hydrogens (tertiary/aromatic N) is 5. The second kappa shape index (κ2) is 6.77. The molecule has 0 aliphatic carbocycles. The van der Waals surface area contributed by atoms with Crippen molar-refractivity contribution in [1.29, 1.82) is 0 Å². The molecule has 2 N–H and O–H groups in total. The Morgan fingerprint density at radius 3 is 3.00 bits per heavy atom. The Kier molecular flexibility index (Phi) is 4.56. The first-order chi connectivity index (χ1) is 10.4. The van der Waals surface area contributed by atoms with Crippen molar-refractivity contribution in [3.63, 3.8) is 0 Å². The van der Waals surface area contributed by atoms with E-state index >= 15 is 0 Å². The topological polar surface area (TPSA) is 82.2 Å². The molecule has 2 aromatic rings. The van der Waals surface area contributed by atoms with E-state index in [0.29, 0.717) is 0 Å². The lowest BCUT2D eigenvalue weighted by atomic mass is 10.3. The van der Waals surface area contributed by atoms with E-state index in [-0.39, 0.29) is 0 Å². The van der Waals surface area contributed by atoms with E-state index in [0.717, 1.165) is 69.3 Å². The van der Waals surface area contributed by atoms with Crippen LogP contribution in [0.15, 0.2) is 6.33 Å². The van der Waals surface area contributed by atoms with Gasteiger partial charge < -0.3 is 15.0 Å². The molecule has 8 nitrogen and oxygen atoms in total. The van der Waals surface area contributed by atoms with Gasteiger partial charge in [-0.1, -0.05) is 5.21 Å². The quantitative estimate of drug-likeness (QED) is 0.662. The first kappa shape index (κ1) is 14.2. The summed E-state index contributed by atoms with van der Waals surface area (Å²) in [4.78, 5) is 10.1. The van der Waals surface area contributed by atoms with Gasteiger partial charge >= 0.3 is 0 Å². The third kappa shape index (κ3) is 3.27. The number of morpholine rings is 1. The van der Waals surface area contributed by atoms with Crippen LogP contribution in [0.4, 0.5) is 5.82 Å². The molecular formula is C13H22N7O+. The molecule has 0 bridgehead atoms. The molecule has 0 atom stereocenters. The Bertz CT molecular complexity index is 579. The fourth-order valence-corrected chi connectivity index (χ4v) is 2.59. The second-order valence-electron chi connectivity index (χ2n) is 5.19. The normalized spacial score (nSPS) is 16.4. The molecule has 0 spiro atoms. The molecule has 3 heterocycles. The zero-order valence-corrected chi connectivity index (χ0v) is 12.4. The Morgan fingerprint density at radius 2 is 2.19 bits per heavy atom. The summed E-state index contributed by atoms with van der Waals surface area (Å²) in [5.74, 6) is 0.775. The number of quaternary nitrogens is 1. The summed E-state index contributed by atoms with van der Waals surface area (Å²) < 4.78 is 7.14. The van der Waals surface area contributed by atoms with Crippen molar-refractivity contribution in [2.24, 2.45) is 0 Å². The zero-order chi connectivity index (χ0) is 14.5. The van der Waals surface area contributed by atoms with Crippen molar-refractivity contribution in [2.45, 2.75) is 19.9 Å². The molecule has 0 aromatic carbocycles. The highest BCUT2D eigenvalue weighted by molar-refractivity contribution is 5.81. The molecule has 1 fully saturated rings. The number of hydrogen-bond donors (Lipinski definition) is 2. The van der Waals surface area contributed by atoms with Gasteiger partial charge in [0.15, 0.2) is 17.0 Å². The van der Waals surface area contributed by atoms with Gasteiger partial charge in [0, 0.05) is 19.5 Å². The number of anilines is 1. The number of rotatable bonds is 6. The zero-order valence-electron chi connectivity index (χ0n) is 12.4. The van der Waals surface area contributed by atoms with Crippen LogP contribution in [0.25, 0.3) is 11.2 Å². The molecule has 0 amide bonds. The van der Waals surface area contributed by atoms with Gasteiger partial charge in [0.1, 0.15) is 19.4 Å². The summed E-state index contributed by atoms with van der Waals surface area (Å²) in [6.07, 6.45) is 2.66. The minimum atomic E-state index is 0.748. The maximum absolute atomic E-state index is 5.37. The van der Waals surface area contributed by atoms with Crippen LogP contribution in [0.2, 0.25) is 0 Å². The van der Waals surface area contributed by atoms with E-state index in [1.165, 1.54) is 0 Å². The standard InChI is InChI=1S/C13H21N7O/c1-2-20-13-11(17-18-20)12(15-10-16-13)14-4-3-5-19-6-8-21-9-7-19/h10H,2-9H2,1H3,(H,14,15,16)/p+1. The molecule has 0 saturated carbocycles. The average Bonchev–Trinajstić information content (AvgIpc) is 2.96. The molecule has 0 radical (unpaired) electrons. The van der Waals surface area contributed by atoms with Crippen LogP contribution in [0.5, 0.6) is 0 Å². The summed E-state index contributed by atoms with van der Waals surface area (Å²) in [6.45, 7) is 8.82. The van der Waals surface area contributed by atoms with Crippen molar-refractivity contribution in [1.82, 2.24) is 25.0 Å². The van der Waals surface area contributed by atoms with Gasteiger partial charge in [0.25, 0.3) is 0 Å². The molecular weight excluding hydrogens is 270 g/mol. The Balaban J connectivity index is 1.54. The van der Waals surface area contributed by atoms with Gasteiger partial charge in [0.2, 0.25) is 0 Å². The van der Waals surface area contributed by atoms with Crippen molar-refractivity contribution in [3.8, 4) is 0 Å². The predicted molar refractivity (Wildman–Crippen MR) is 78.3 cm³/mol. The molecule has 1 saturated heterocycles. The minimum absolute atomic E-state index is 0.748. The molecule has 1 aliphatic rings. The fourth-order valence-electron chi connectivity index (χ4n) is 2.59. The number of ether oxygens (including phenoxy) is 1. The van der Waals surface area contributed by atoms with Gasteiger partial charge in [-0.3, -0.25) is 0 Å². The summed E-state index contributed by atoms with van der Waals surface area (Å²) in [5, 5.41) is 11.6. The first-order valence-corrected chi connectivity index (χ1v) is 7.58.